The van der Waals surface area contributed by atoms with Gasteiger partial charge in [-0.2, -0.15) is 0 Å². The van der Waals surface area contributed by atoms with Gasteiger partial charge in [0.2, 0.25) is 0 Å². The number of rotatable bonds is 10. The summed E-state index contributed by atoms with van der Waals surface area (Å²) in [6.45, 7) is 11.1. The number of benzene rings is 1. The molecule has 1 aromatic rings. The molecule has 0 aliphatic carbocycles. The summed E-state index contributed by atoms with van der Waals surface area (Å²) in [5.41, 5.74) is 0.643. The van der Waals surface area contributed by atoms with Crippen molar-refractivity contribution >= 4 is 12.0 Å². The Bertz CT molecular complexity index is 835. The molecule has 1 aliphatic rings. The highest BCUT2D eigenvalue weighted by molar-refractivity contribution is 5.97. The fourth-order valence-electron chi connectivity index (χ4n) is 3.89. The van der Waals surface area contributed by atoms with E-state index in [4.69, 9.17) is 18.9 Å². The van der Waals surface area contributed by atoms with E-state index in [1.165, 1.54) is 4.90 Å². The van der Waals surface area contributed by atoms with Crippen LogP contribution in [0.3, 0.4) is 0 Å². The van der Waals surface area contributed by atoms with Crippen LogP contribution in [0.15, 0.2) is 12.1 Å². The summed E-state index contributed by atoms with van der Waals surface area (Å²) < 4.78 is 22.0. The lowest BCUT2D eigenvalue weighted by Crippen LogP contribution is -2.36. The van der Waals surface area contributed by atoms with Crippen molar-refractivity contribution in [2.24, 2.45) is 5.92 Å². The number of nitrogens with zero attached hydrogens (tertiary/aromatic N) is 1. The first-order valence-electron chi connectivity index (χ1n) is 11.7. The van der Waals surface area contributed by atoms with E-state index >= 15 is 0 Å². The van der Waals surface area contributed by atoms with E-state index in [1.807, 2.05) is 13.8 Å². The van der Waals surface area contributed by atoms with Gasteiger partial charge in [0.15, 0.2) is 11.5 Å². The minimum atomic E-state index is -0.743. The Morgan fingerprint density at radius 1 is 1.18 bits per heavy atom. The zero-order valence-electron chi connectivity index (χ0n) is 21.5. The van der Waals surface area contributed by atoms with Crippen molar-refractivity contribution in [1.82, 2.24) is 10.2 Å². The van der Waals surface area contributed by atoms with Gasteiger partial charge in [-0.3, -0.25) is 4.79 Å². The van der Waals surface area contributed by atoms with Gasteiger partial charge in [-0.15, -0.1) is 0 Å². The first kappa shape index (κ1) is 27.7. The minimum absolute atomic E-state index is 0.00741. The van der Waals surface area contributed by atoms with Crippen molar-refractivity contribution in [3.05, 3.63) is 23.3 Å². The second-order valence-electron chi connectivity index (χ2n) is 9.83. The predicted molar refractivity (Wildman–Crippen MR) is 129 cm³/mol. The molecule has 9 nitrogen and oxygen atoms in total. The minimum Gasteiger partial charge on any atom is -0.493 e. The Kier molecular flexibility index (Phi) is 10.00. The molecule has 0 bridgehead atoms. The van der Waals surface area contributed by atoms with Crippen molar-refractivity contribution in [3.63, 3.8) is 0 Å². The van der Waals surface area contributed by atoms with Crippen LogP contribution < -0.4 is 14.8 Å². The van der Waals surface area contributed by atoms with Crippen molar-refractivity contribution in [1.29, 1.82) is 0 Å². The standard InChI is InChI=1S/C25H40N2O7/c1-16(2)21-18(9-10-20(32-7)22(21)33-12-8-11-31-6)23(29)26-13-17-14-27(15-19(17)28)24(30)34-25(3,4)5/h9-10,16-17,19,28H,8,11-15H2,1-7H3,(H,26,29)/t17-,19-/m1/s1. The Morgan fingerprint density at radius 3 is 2.47 bits per heavy atom. The van der Waals surface area contributed by atoms with Crippen LogP contribution in [0.2, 0.25) is 0 Å². The van der Waals surface area contributed by atoms with E-state index in [1.54, 1.807) is 47.1 Å². The molecule has 2 amide bonds. The highest BCUT2D eigenvalue weighted by atomic mass is 16.6. The zero-order chi connectivity index (χ0) is 25.5. The summed E-state index contributed by atoms with van der Waals surface area (Å²) in [7, 11) is 3.21. The maximum Gasteiger partial charge on any atom is 0.410 e. The van der Waals surface area contributed by atoms with E-state index in [0.717, 1.165) is 5.56 Å². The molecule has 2 atom stereocenters. The first-order chi connectivity index (χ1) is 16.0. The van der Waals surface area contributed by atoms with E-state index in [9.17, 15) is 14.7 Å². The Balaban J connectivity index is 2.11. The number of aliphatic hydroxyl groups excluding tert-OH is 1. The third-order valence-corrected chi connectivity index (χ3v) is 5.52. The quantitative estimate of drug-likeness (QED) is 0.495. The number of aliphatic hydroxyl groups is 1. The lowest BCUT2D eigenvalue weighted by atomic mass is 9.94. The number of carbonyl (C=O) groups is 2. The second-order valence-corrected chi connectivity index (χ2v) is 9.83. The molecule has 192 valence electrons. The van der Waals surface area contributed by atoms with Crippen LogP contribution in [0, 0.1) is 5.92 Å². The van der Waals surface area contributed by atoms with Crippen LogP contribution in [0.4, 0.5) is 4.79 Å². The van der Waals surface area contributed by atoms with Crippen LogP contribution in [0.1, 0.15) is 62.9 Å². The molecule has 1 aliphatic heterocycles. The lowest BCUT2D eigenvalue weighted by molar-refractivity contribution is 0.0269. The molecule has 1 heterocycles. The number of methoxy groups -OCH3 is 2. The molecule has 1 fully saturated rings. The second kappa shape index (κ2) is 12.3. The summed E-state index contributed by atoms with van der Waals surface area (Å²) in [5, 5.41) is 13.4. The lowest BCUT2D eigenvalue weighted by Gasteiger charge is -2.24. The molecule has 0 aromatic heterocycles. The first-order valence-corrected chi connectivity index (χ1v) is 11.7. The third kappa shape index (κ3) is 7.50. The maximum atomic E-state index is 13.2. The number of hydrogen-bond acceptors (Lipinski definition) is 7. The number of ether oxygens (including phenoxy) is 4. The summed E-state index contributed by atoms with van der Waals surface area (Å²) in [6, 6.07) is 3.45. The number of β-amino-alcohol motifs (C(OH)–C–C–N with tert-alkyl or cyclic N) is 1. The largest absolute Gasteiger partial charge is 0.493 e. The van der Waals surface area contributed by atoms with Gasteiger partial charge in [-0.25, -0.2) is 4.79 Å². The average molecular weight is 481 g/mol. The van der Waals surface area contributed by atoms with Gasteiger partial charge in [-0.05, 0) is 38.8 Å². The smallest absolute Gasteiger partial charge is 0.410 e. The molecule has 2 rings (SSSR count). The number of likely N-dealkylation sites (tertiary alicyclic amines) is 1. The topological polar surface area (TPSA) is 107 Å². The van der Waals surface area contributed by atoms with Crippen LogP contribution in [-0.2, 0) is 9.47 Å². The Labute approximate surface area is 202 Å². The van der Waals surface area contributed by atoms with E-state index < -0.39 is 17.8 Å². The predicted octanol–water partition coefficient (Wildman–Crippen LogP) is 3.19. The fraction of sp³-hybridized carbons (Fsp3) is 0.680. The van der Waals surface area contributed by atoms with Gasteiger partial charge < -0.3 is 34.3 Å². The van der Waals surface area contributed by atoms with Crippen LogP contribution in [0.25, 0.3) is 0 Å². The third-order valence-electron chi connectivity index (χ3n) is 5.52. The summed E-state index contributed by atoms with van der Waals surface area (Å²) in [5.74, 6) is 0.570. The maximum absolute atomic E-state index is 13.2. The van der Waals surface area contributed by atoms with Gasteiger partial charge in [0, 0.05) is 50.3 Å². The molecule has 0 unspecified atom stereocenters. The van der Waals surface area contributed by atoms with Crippen LogP contribution >= 0.6 is 0 Å². The molecular weight excluding hydrogens is 440 g/mol. The number of amides is 2. The van der Waals surface area contributed by atoms with Crippen molar-refractivity contribution in [2.75, 3.05) is 47.1 Å². The van der Waals surface area contributed by atoms with Gasteiger partial charge in [-0.1, -0.05) is 13.8 Å². The zero-order valence-corrected chi connectivity index (χ0v) is 21.5. The molecule has 0 radical (unpaired) electrons. The van der Waals surface area contributed by atoms with Crippen LogP contribution in [0.5, 0.6) is 11.5 Å². The molecule has 0 saturated carbocycles. The van der Waals surface area contributed by atoms with Gasteiger partial charge in [0.1, 0.15) is 5.60 Å². The molecule has 0 spiro atoms. The van der Waals surface area contributed by atoms with Crippen LogP contribution in [-0.4, -0.2) is 80.8 Å². The monoisotopic (exact) mass is 480 g/mol. The molecular formula is C25H40N2O7. The van der Waals surface area contributed by atoms with E-state index in [2.05, 4.69) is 5.32 Å². The van der Waals surface area contributed by atoms with E-state index in [-0.39, 0.29) is 30.8 Å². The van der Waals surface area contributed by atoms with Crippen molar-refractivity contribution < 1.29 is 33.6 Å². The SMILES string of the molecule is COCCCOc1c(OC)ccc(C(=O)NC[C@@H]2CN(C(=O)OC(C)(C)C)C[C@H]2O)c1C(C)C. The number of nitrogens with one attached hydrogen (secondary N) is 1. The highest BCUT2D eigenvalue weighted by Crippen LogP contribution is 2.38. The molecule has 2 N–H and O–H groups in total. The highest BCUT2D eigenvalue weighted by Gasteiger charge is 2.36. The summed E-state index contributed by atoms with van der Waals surface area (Å²) >= 11 is 0. The fourth-order valence-corrected chi connectivity index (χ4v) is 3.89. The van der Waals surface area contributed by atoms with Gasteiger partial charge in [0.25, 0.3) is 5.91 Å². The molecule has 34 heavy (non-hydrogen) atoms. The molecule has 1 aromatic carbocycles. The van der Waals surface area contributed by atoms with Crippen molar-refractivity contribution in [2.45, 2.75) is 58.7 Å². The summed E-state index contributed by atoms with van der Waals surface area (Å²) in [4.78, 5) is 27.0. The normalized spacial score (nSPS) is 18.2. The van der Waals surface area contributed by atoms with Crippen molar-refractivity contribution in [3.8, 4) is 11.5 Å². The molecule has 9 heteroatoms. The van der Waals surface area contributed by atoms with Gasteiger partial charge >= 0.3 is 6.09 Å². The summed E-state index contributed by atoms with van der Waals surface area (Å²) in [6.07, 6.45) is -0.498. The van der Waals surface area contributed by atoms with Gasteiger partial charge in [0.05, 0.1) is 26.4 Å². The average Bonchev–Trinajstić information content (AvgIpc) is 3.13. The number of hydrogen-bond donors (Lipinski definition) is 2. The Morgan fingerprint density at radius 2 is 1.88 bits per heavy atom. The number of carbonyl (C=O) groups excluding carboxylic acids is 2. The molecule has 1 saturated heterocycles. The Hall–Kier alpha value is -2.52. The van der Waals surface area contributed by atoms with E-state index in [0.29, 0.717) is 43.2 Å².